The zero-order chi connectivity index (χ0) is 26.8. The van der Waals surface area contributed by atoms with Gasteiger partial charge in [0.1, 0.15) is 11.8 Å². The highest BCUT2D eigenvalue weighted by Gasteiger charge is 2.29. The van der Waals surface area contributed by atoms with Gasteiger partial charge in [-0.15, -0.1) is 0 Å². The maximum Gasteiger partial charge on any atom is 0.242 e. The second kappa shape index (κ2) is 13.5. The van der Waals surface area contributed by atoms with Crippen molar-refractivity contribution in [3.8, 4) is 5.75 Å². The molecule has 0 aromatic heterocycles. The van der Waals surface area contributed by atoms with E-state index in [1.54, 1.807) is 36.1 Å². The molecule has 0 radical (unpaired) electrons. The van der Waals surface area contributed by atoms with Gasteiger partial charge in [-0.3, -0.25) is 13.9 Å². The lowest BCUT2D eigenvalue weighted by atomic mass is 10.1. The number of carbonyl (C=O) groups is 2. The summed E-state index contributed by atoms with van der Waals surface area (Å²) in [4.78, 5) is 28.0. The van der Waals surface area contributed by atoms with Crippen LogP contribution in [0.4, 0.5) is 5.69 Å². The molecular formula is C28H39N3O5S. The number of nitrogens with one attached hydrogen (secondary N) is 1. The van der Waals surface area contributed by atoms with Crippen molar-refractivity contribution in [2.45, 2.75) is 71.0 Å². The van der Waals surface area contributed by atoms with Gasteiger partial charge < -0.3 is 15.0 Å². The molecule has 2 amide bonds. The van der Waals surface area contributed by atoms with E-state index in [0.29, 0.717) is 31.0 Å². The molecule has 1 N–H and O–H groups in total. The maximum atomic E-state index is 13.4. The number of hydrogen-bond donors (Lipinski definition) is 1. The second-order valence-electron chi connectivity index (χ2n) is 9.51. The topological polar surface area (TPSA) is 96.0 Å². The van der Waals surface area contributed by atoms with E-state index in [4.69, 9.17) is 4.74 Å². The van der Waals surface area contributed by atoms with E-state index in [1.807, 2.05) is 37.3 Å². The van der Waals surface area contributed by atoms with E-state index < -0.39 is 16.1 Å². The minimum atomic E-state index is -3.60. The number of carbonyl (C=O) groups excluding carboxylic acids is 2. The molecule has 3 rings (SSSR count). The zero-order valence-corrected chi connectivity index (χ0v) is 22.9. The number of sulfonamides is 1. The standard InChI is InChI=1S/C28H39N3O5S/c1-4-36-26-18-11-10-17-25(26)31(37(3,34)35)20-12-19-27(32)30(21-23-13-6-5-7-14-23)22(2)28(33)29-24-15-8-9-16-24/h5-7,10-11,13-14,17-18,22,24H,4,8-9,12,15-16,19-21H2,1-3H3,(H,29,33)/t22-/m0/s1. The van der Waals surface area contributed by atoms with E-state index in [2.05, 4.69) is 5.32 Å². The van der Waals surface area contributed by atoms with Crippen LogP contribution in [0.25, 0.3) is 0 Å². The molecule has 37 heavy (non-hydrogen) atoms. The van der Waals surface area contributed by atoms with Gasteiger partial charge >= 0.3 is 0 Å². The average Bonchev–Trinajstić information content (AvgIpc) is 3.38. The first-order chi connectivity index (χ1) is 17.7. The fraction of sp³-hybridized carbons (Fsp3) is 0.500. The molecule has 0 spiro atoms. The summed E-state index contributed by atoms with van der Waals surface area (Å²) >= 11 is 0. The van der Waals surface area contributed by atoms with Crippen LogP contribution in [0.2, 0.25) is 0 Å². The third-order valence-corrected chi connectivity index (χ3v) is 7.83. The molecule has 0 heterocycles. The predicted octanol–water partition coefficient (Wildman–Crippen LogP) is 4.11. The Labute approximate surface area is 221 Å². The Morgan fingerprint density at radius 2 is 1.70 bits per heavy atom. The van der Waals surface area contributed by atoms with Crippen LogP contribution in [-0.4, -0.2) is 56.6 Å². The van der Waals surface area contributed by atoms with Crippen molar-refractivity contribution in [3.63, 3.8) is 0 Å². The van der Waals surface area contributed by atoms with E-state index in [9.17, 15) is 18.0 Å². The van der Waals surface area contributed by atoms with Crippen molar-refractivity contribution in [1.29, 1.82) is 0 Å². The van der Waals surface area contributed by atoms with Crippen molar-refractivity contribution in [3.05, 3.63) is 60.2 Å². The maximum absolute atomic E-state index is 13.4. The first-order valence-electron chi connectivity index (χ1n) is 13.0. The lowest BCUT2D eigenvalue weighted by molar-refractivity contribution is -0.141. The van der Waals surface area contributed by atoms with Crippen LogP contribution in [0.3, 0.4) is 0 Å². The van der Waals surface area contributed by atoms with Crippen LogP contribution in [-0.2, 0) is 26.2 Å². The summed E-state index contributed by atoms with van der Waals surface area (Å²) in [7, 11) is -3.60. The van der Waals surface area contributed by atoms with Gasteiger partial charge in [0, 0.05) is 25.6 Å². The quantitative estimate of drug-likeness (QED) is 0.421. The molecule has 0 saturated heterocycles. The Morgan fingerprint density at radius 1 is 1.05 bits per heavy atom. The van der Waals surface area contributed by atoms with E-state index in [1.165, 1.54) is 4.31 Å². The van der Waals surface area contributed by atoms with Gasteiger partial charge in [0.05, 0.1) is 18.6 Å². The van der Waals surface area contributed by atoms with Crippen molar-refractivity contribution in [1.82, 2.24) is 10.2 Å². The highest BCUT2D eigenvalue weighted by atomic mass is 32.2. The Hall–Kier alpha value is -3.07. The van der Waals surface area contributed by atoms with E-state index in [-0.39, 0.29) is 30.8 Å². The van der Waals surface area contributed by atoms with Crippen LogP contribution >= 0.6 is 0 Å². The lowest BCUT2D eigenvalue weighted by Crippen LogP contribution is -2.49. The molecule has 0 aliphatic heterocycles. The minimum Gasteiger partial charge on any atom is -0.492 e. The van der Waals surface area contributed by atoms with Gasteiger partial charge in [-0.25, -0.2) is 8.42 Å². The van der Waals surface area contributed by atoms with Gasteiger partial charge in [0.2, 0.25) is 21.8 Å². The number of para-hydroxylation sites is 2. The van der Waals surface area contributed by atoms with E-state index >= 15 is 0 Å². The number of rotatable bonds is 13. The average molecular weight is 530 g/mol. The van der Waals surface area contributed by atoms with Gasteiger partial charge in [-0.1, -0.05) is 55.3 Å². The zero-order valence-electron chi connectivity index (χ0n) is 22.1. The molecule has 9 heteroatoms. The van der Waals surface area contributed by atoms with Gasteiger partial charge in [0.15, 0.2) is 0 Å². The second-order valence-corrected chi connectivity index (χ2v) is 11.4. The van der Waals surface area contributed by atoms with Crippen LogP contribution in [0.15, 0.2) is 54.6 Å². The Balaban J connectivity index is 1.72. The van der Waals surface area contributed by atoms with Crippen molar-refractivity contribution in [2.24, 2.45) is 0 Å². The smallest absolute Gasteiger partial charge is 0.242 e. The molecule has 1 aliphatic carbocycles. The Morgan fingerprint density at radius 3 is 2.35 bits per heavy atom. The summed E-state index contributed by atoms with van der Waals surface area (Å²) in [5.41, 5.74) is 1.38. The monoisotopic (exact) mass is 529 g/mol. The first kappa shape index (κ1) is 28.5. The number of hydrogen-bond acceptors (Lipinski definition) is 5. The molecule has 0 bridgehead atoms. The molecule has 202 valence electrons. The number of anilines is 1. The fourth-order valence-corrected chi connectivity index (χ4v) is 5.65. The molecule has 1 fully saturated rings. The molecule has 8 nitrogen and oxygen atoms in total. The number of benzene rings is 2. The number of nitrogens with zero attached hydrogens (tertiary/aromatic N) is 2. The highest BCUT2D eigenvalue weighted by Crippen LogP contribution is 2.30. The lowest BCUT2D eigenvalue weighted by Gasteiger charge is -2.30. The number of ether oxygens (including phenoxy) is 1. The molecule has 1 saturated carbocycles. The Bertz CT molecular complexity index is 1130. The largest absolute Gasteiger partial charge is 0.492 e. The summed E-state index contributed by atoms with van der Waals surface area (Å²) in [5.74, 6) is 0.133. The molecule has 0 unspecified atom stereocenters. The van der Waals surface area contributed by atoms with Crippen LogP contribution in [0.5, 0.6) is 5.75 Å². The molecular weight excluding hydrogens is 490 g/mol. The molecule has 2 aromatic carbocycles. The summed E-state index contributed by atoms with van der Waals surface area (Å²) in [5, 5.41) is 3.10. The molecule has 1 aliphatic rings. The summed E-state index contributed by atoms with van der Waals surface area (Å²) < 4.78 is 32.2. The van der Waals surface area contributed by atoms with Crippen molar-refractivity contribution in [2.75, 3.05) is 23.7 Å². The Kier molecular flexibility index (Phi) is 10.4. The highest BCUT2D eigenvalue weighted by molar-refractivity contribution is 7.92. The van der Waals surface area contributed by atoms with Gasteiger partial charge in [-0.2, -0.15) is 0 Å². The van der Waals surface area contributed by atoms with Crippen molar-refractivity contribution < 1.29 is 22.7 Å². The fourth-order valence-electron chi connectivity index (χ4n) is 4.68. The number of amides is 2. The minimum absolute atomic E-state index is 0.108. The van der Waals surface area contributed by atoms with Crippen molar-refractivity contribution >= 4 is 27.5 Å². The van der Waals surface area contributed by atoms with Crippen LogP contribution < -0.4 is 14.4 Å². The van der Waals surface area contributed by atoms with Gasteiger partial charge in [-0.05, 0) is 50.8 Å². The summed E-state index contributed by atoms with van der Waals surface area (Å²) in [6.07, 6.45) is 5.70. The van der Waals surface area contributed by atoms with Crippen LogP contribution in [0.1, 0.15) is 57.9 Å². The third kappa shape index (κ3) is 8.21. The third-order valence-electron chi connectivity index (χ3n) is 6.65. The first-order valence-corrected chi connectivity index (χ1v) is 14.9. The van der Waals surface area contributed by atoms with Crippen LogP contribution in [0, 0.1) is 0 Å². The molecule has 2 aromatic rings. The normalized spacial score (nSPS) is 14.7. The predicted molar refractivity (Wildman–Crippen MR) is 146 cm³/mol. The van der Waals surface area contributed by atoms with Gasteiger partial charge in [0.25, 0.3) is 0 Å². The SMILES string of the molecule is CCOc1ccccc1N(CCCC(=O)N(Cc1ccccc1)[C@@H](C)C(=O)NC1CCCC1)S(C)(=O)=O. The molecule has 1 atom stereocenters. The summed E-state index contributed by atoms with van der Waals surface area (Å²) in [6.45, 7) is 4.43. The summed E-state index contributed by atoms with van der Waals surface area (Å²) in [6, 6.07) is 16.1. The van der Waals surface area contributed by atoms with E-state index in [0.717, 1.165) is 37.5 Å².